The minimum Gasteiger partial charge on any atom is -0.394 e. The molecule has 0 fully saturated rings. The van der Waals surface area contributed by atoms with Gasteiger partial charge >= 0.3 is 0 Å². The number of aliphatic hydroxyl groups excluding tert-OH is 1. The lowest BCUT2D eigenvalue weighted by Crippen LogP contribution is -1.96. The van der Waals surface area contributed by atoms with E-state index in [0.717, 1.165) is 16.3 Å². The van der Waals surface area contributed by atoms with Crippen LogP contribution in [0.25, 0.3) is 10.8 Å². The molecule has 1 nitrogen and oxygen atoms in total. The number of rotatable bonds is 2. The van der Waals surface area contributed by atoms with E-state index < -0.39 is 0 Å². The van der Waals surface area contributed by atoms with Crippen molar-refractivity contribution in [2.75, 3.05) is 6.61 Å². The summed E-state index contributed by atoms with van der Waals surface area (Å²) in [7, 11) is 0. The first-order valence-electron chi connectivity index (χ1n) is 4.55. The SMILES string of the molecule is OC[C@@H](Cl)c1cccc2ccccc12. The van der Waals surface area contributed by atoms with Crippen LogP contribution in [-0.4, -0.2) is 11.7 Å². The van der Waals surface area contributed by atoms with Gasteiger partial charge in [0.2, 0.25) is 0 Å². The van der Waals surface area contributed by atoms with Gasteiger partial charge < -0.3 is 5.11 Å². The highest BCUT2D eigenvalue weighted by Crippen LogP contribution is 2.27. The summed E-state index contributed by atoms with van der Waals surface area (Å²) in [5, 5.41) is 11.0. The van der Waals surface area contributed by atoms with Crippen molar-refractivity contribution in [2.45, 2.75) is 5.38 Å². The first kappa shape index (κ1) is 9.50. The second kappa shape index (κ2) is 3.99. The maximum atomic E-state index is 9.02. The van der Waals surface area contributed by atoms with Crippen LogP contribution >= 0.6 is 11.6 Å². The molecule has 0 radical (unpaired) electrons. The number of hydrogen-bond acceptors (Lipinski definition) is 1. The molecule has 0 saturated carbocycles. The van der Waals surface area contributed by atoms with Crippen molar-refractivity contribution in [1.29, 1.82) is 0 Å². The summed E-state index contributed by atoms with van der Waals surface area (Å²) in [6, 6.07) is 14.0. The number of aliphatic hydroxyl groups is 1. The number of alkyl halides is 1. The Morgan fingerprint density at radius 3 is 2.57 bits per heavy atom. The molecule has 0 aromatic heterocycles. The molecule has 1 N–H and O–H groups in total. The third-order valence-corrected chi connectivity index (χ3v) is 2.69. The third kappa shape index (κ3) is 1.61. The van der Waals surface area contributed by atoms with Crippen molar-refractivity contribution in [3.05, 3.63) is 48.0 Å². The molecule has 72 valence electrons. The Bertz CT molecular complexity index is 434. The lowest BCUT2D eigenvalue weighted by Gasteiger charge is -2.09. The third-order valence-electron chi connectivity index (χ3n) is 2.32. The van der Waals surface area contributed by atoms with Gasteiger partial charge in [0.1, 0.15) is 0 Å². The molecule has 0 aliphatic heterocycles. The normalized spacial score (nSPS) is 13.0. The van der Waals surface area contributed by atoms with Gasteiger partial charge in [-0.1, -0.05) is 42.5 Å². The van der Waals surface area contributed by atoms with E-state index in [1.54, 1.807) is 0 Å². The molecular formula is C12H11ClO. The Kier molecular flexibility index (Phi) is 2.71. The highest BCUT2D eigenvalue weighted by Gasteiger charge is 2.08. The molecule has 0 aliphatic carbocycles. The molecule has 0 unspecified atom stereocenters. The van der Waals surface area contributed by atoms with Crippen molar-refractivity contribution in [3.8, 4) is 0 Å². The Hall–Kier alpha value is -1.05. The summed E-state index contributed by atoms with van der Waals surface area (Å²) >= 11 is 6.02. The molecule has 2 aromatic rings. The van der Waals surface area contributed by atoms with Crippen molar-refractivity contribution in [1.82, 2.24) is 0 Å². The molecule has 2 rings (SSSR count). The molecule has 1 atom stereocenters. The number of fused-ring (bicyclic) bond motifs is 1. The van der Waals surface area contributed by atoms with Gasteiger partial charge in [-0.05, 0) is 16.3 Å². The Balaban J connectivity index is 2.65. The van der Waals surface area contributed by atoms with Gasteiger partial charge in [0, 0.05) is 0 Å². The number of benzene rings is 2. The molecule has 0 saturated heterocycles. The predicted molar refractivity (Wildman–Crippen MR) is 59.6 cm³/mol. The molecule has 2 aromatic carbocycles. The van der Waals surface area contributed by atoms with Crippen LogP contribution in [0.2, 0.25) is 0 Å². The zero-order chi connectivity index (χ0) is 9.97. The molecule has 0 amide bonds. The second-order valence-electron chi connectivity index (χ2n) is 3.22. The van der Waals surface area contributed by atoms with Crippen LogP contribution in [0, 0.1) is 0 Å². The fraction of sp³-hybridized carbons (Fsp3) is 0.167. The van der Waals surface area contributed by atoms with Crippen molar-refractivity contribution < 1.29 is 5.11 Å². The number of hydrogen-bond donors (Lipinski definition) is 1. The Morgan fingerprint density at radius 1 is 1.07 bits per heavy atom. The molecule has 2 heteroatoms. The quantitative estimate of drug-likeness (QED) is 0.749. The van der Waals surface area contributed by atoms with Crippen LogP contribution in [0.4, 0.5) is 0 Å². The van der Waals surface area contributed by atoms with Crippen molar-refractivity contribution >= 4 is 22.4 Å². The molecule has 0 heterocycles. The van der Waals surface area contributed by atoms with Crippen LogP contribution in [0.1, 0.15) is 10.9 Å². The van der Waals surface area contributed by atoms with Crippen LogP contribution in [0.3, 0.4) is 0 Å². The maximum absolute atomic E-state index is 9.02. The Morgan fingerprint density at radius 2 is 1.79 bits per heavy atom. The predicted octanol–water partition coefficient (Wildman–Crippen LogP) is 3.11. The smallest absolute Gasteiger partial charge is 0.0822 e. The summed E-state index contributed by atoms with van der Waals surface area (Å²) in [6.07, 6.45) is 0. The minimum atomic E-state index is -0.318. The minimum absolute atomic E-state index is 0.0322. The van der Waals surface area contributed by atoms with E-state index in [1.165, 1.54) is 0 Å². The zero-order valence-electron chi connectivity index (χ0n) is 7.65. The van der Waals surface area contributed by atoms with Gasteiger partial charge in [-0.3, -0.25) is 0 Å². The van der Waals surface area contributed by atoms with Gasteiger partial charge in [-0.2, -0.15) is 0 Å². The van der Waals surface area contributed by atoms with Gasteiger partial charge in [-0.15, -0.1) is 11.6 Å². The van der Waals surface area contributed by atoms with Gasteiger partial charge in [0.05, 0.1) is 12.0 Å². The van der Waals surface area contributed by atoms with E-state index >= 15 is 0 Å². The average Bonchev–Trinajstić information content (AvgIpc) is 2.27. The first-order chi connectivity index (χ1) is 6.83. The summed E-state index contributed by atoms with van der Waals surface area (Å²) in [5.74, 6) is 0. The Labute approximate surface area is 87.9 Å². The van der Waals surface area contributed by atoms with Gasteiger partial charge in [0.25, 0.3) is 0 Å². The molecule has 0 aliphatic rings. The van der Waals surface area contributed by atoms with E-state index in [0.29, 0.717) is 0 Å². The highest BCUT2D eigenvalue weighted by atomic mass is 35.5. The van der Waals surface area contributed by atoms with Gasteiger partial charge in [0.15, 0.2) is 0 Å². The molecule has 0 spiro atoms. The fourth-order valence-electron chi connectivity index (χ4n) is 1.62. The molecule has 0 bridgehead atoms. The lowest BCUT2D eigenvalue weighted by molar-refractivity contribution is 0.294. The summed E-state index contributed by atoms with van der Waals surface area (Å²) in [6.45, 7) is -0.0322. The lowest BCUT2D eigenvalue weighted by atomic mass is 10.0. The molecular weight excluding hydrogens is 196 g/mol. The van der Waals surface area contributed by atoms with Crippen molar-refractivity contribution in [2.24, 2.45) is 0 Å². The largest absolute Gasteiger partial charge is 0.394 e. The topological polar surface area (TPSA) is 20.2 Å². The molecule has 14 heavy (non-hydrogen) atoms. The highest BCUT2D eigenvalue weighted by molar-refractivity contribution is 6.21. The second-order valence-corrected chi connectivity index (χ2v) is 3.75. The standard InChI is InChI=1S/C12H11ClO/c13-12(8-14)11-7-3-5-9-4-1-2-6-10(9)11/h1-7,12,14H,8H2/t12-/m1/s1. The van der Waals surface area contributed by atoms with E-state index in [1.807, 2.05) is 42.5 Å². The van der Waals surface area contributed by atoms with E-state index in [4.69, 9.17) is 16.7 Å². The van der Waals surface area contributed by atoms with E-state index in [9.17, 15) is 0 Å². The summed E-state index contributed by atoms with van der Waals surface area (Å²) in [5.41, 5.74) is 0.993. The average molecular weight is 207 g/mol. The monoisotopic (exact) mass is 206 g/mol. The van der Waals surface area contributed by atoms with Crippen LogP contribution in [0.15, 0.2) is 42.5 Å². The van der Waals surface area contributed by atoms with Crippen LogP contribution in [0.5, 0.6) is 0 Å². The van der Waals surface area contributed by atoms with E-state index in [2.05, 4.69) is 0 Å². The number of halogens is 1. The first-order valence-corrected chi connectivity index (χ1v) is 4.99. The summed E-state index contributed by atoms with van der Waals surface area (Å²) < 4.78 is 0. The fourth-order valence-corrected chi connectivity index (χ4v) is 1.81. The van der Waals surface area contributed by atoms with Crippen LogP contribution in [-0.2, 0) is 0 Å². The van der Waals surface area contributed by atoms with Crippen LogP contribution < -0.4 is 0 Å². The zero-order valence-corrected chi connectivity index (χ0v) is 8.41. The maximum Gasteiger partial charge on any atom is 0.0822 e. The summed E-state index contributed by atoms with van der Waals surface area (Å²) in [4.78, 5) is 0. The van der Waals surface area contributed by atoms with Crippen molar-refractivity contribution in [3.63, 3.8) is 0 Å². The van der Waals surface area contributed by atoms with Gasteiger partial charge in [-0.25, -0.2) is 0 Å². The van der Waals surface area contributed by atoms with E-state index in [-0.39, 0.29) is 12.0 Å².